The second-order valence-electron chi connectivity index (χ2n) is 10.7. The Bertz CT molecular complexity index is 1270. The largest absolute Gasteiger partial charge is 0.481 e. The van der Waals surface area contributed by atoms with Gasteiger partial charge in [0.25, 0.3) is 0 Å². The van der Waals surface area contributed by atoms with Crippen molar-refractivity contribution in [3.63, 3.8) is 0 Å². The van der Waals surface area contributed by atoms with E-state index in [9.17, 15) is 9.90 Å². The van der Waals surface area contributed by atoms with Crippen LogP contribution in [-0.4, -0.2) is 44.6 Å². The van der Waals surface area contributed by atoms with Crippen molar-refractivity contribution in [2.45, 2.75) is 35.6 Å². The minimum absolute atomic E-state index is 0.276. The molecule has 0 aromatic heterocycles. The van der Waals surface area contributed by atoms with Crippen LogP contribution in [-0.2, 0) is 34.8 Å². The lowest BCUT2D eigenvalue weighted by molar-refractivity contribution is -0.138. The Morgan fingerprint density at radius 2 is 0.976 bits per heavy atom. The van der Waals surface area contributed by atoms with Crippen molar-refractivity contribution in [3.8, 4) is 0 Å². The molecule has 6 rings (SSSR count). The van der Waals surface area contributed by atoms with Gasteiger partial charge in [0.2, 0.25) is 0 Å². The van der Waals surface area contributed by atoms with Gasteiger partial charge in [0.15, 0.2) is 0 Å². The molecule has 6 nitrogen and oxygen atoms in total. The number of carboxylic acid groups (broad SMARTS) is 1. The lowest BCUT2D eigenvalue weighted by Gasteiger charge is -2.47. The molecule has 4 atom stereocenters. The fourth-order valence-corrected chi connectivity index (χ4v) is 6.52. The second-order valence-corrected chi connectivity index (χ2v) is 10.7. The molecule has 0 amide bonds. The molecule has 1 aliphatic heterocycles. The lowest BCUT2D eigenvalue weighted by Crippen LogP contribution is -2.56. The molecular formula is C34H33BO6. The maximum atomic E-state index is 11.9. The monoisotopic (exact) mass is 548 g/mol. The maximum absolute atomic E-state index is 11.9. The van der Waals surface area contributed by atoms with E-state index in [2.05, 4.69) is 0 Å². The number of hydrogen-bond donors (Lipinski definition) is 1. The van der Waals surface area contributed by atoms with Crippen molar-refractivity contribution in [1.82, 2.24) is 0 Å². The molecule has 208 valence electrons. The highest BCUT2D eigenvalue weighted by Crippen LogP contribution is 2.56. The van der Waals surface area contributed by atoms with E-state index < -0.39 is 42.4 Å². The van der Waals surface area contributed by atoms with Gasteiger partial charge in [-0.15, -0.1) is 0 Å². The molecule has 41 heavy (non-hydrogen) atoms. The molecule has 4 aromatic carbocycles. The van der Waals surface area contributed by atoms with Crippen LogP contribution in [0.3, 0.4) is 0 Å². The topological polar surface area (TPSA) is 74.2 Å². The molecule has 1 aliphatic carbocycles. The van der Waals surface area contributed by atoms with E-state index in [4.69, 9.17) is 18.8 Å². The Balaban J connectivity index is 1.60. The van der Waals surface area contributed by atoms with Crippen molar-refractivity contribution in [2.24, 2.45) is 5.92 Å². The smallest absolute Gasteiger partial charge is 0.461 e. The zero-order chi connectivity index (χ0) is 28.5. The van der Waals surface area contributed by atoms with Gasteiger partial charge in [-0.2, -0.15) is 0 Å². The molecule has 0 radical (unpaired) electrons. The summed E-state index contributed by atoms with van der Waals surface area (Å²) in [6.45, 7) is 0. The predicted octanol–water partition coefficient (Wildman–Crippen LogP) is 5.91. The SMILES string of the molecule is COC(c1ccccc1)(c1ccccc1)[C@@H]1OB([C@@H]2C[C@@H]2C(=O)O)O[C@H]1C(OC)(c1ccccc1)c1ccccc1. The van der Waals surface area contributed by atoms with Crippen molar-refractivity contribution in [3.05, 3.63) is 144 Å². The van der Waals surface area contributed by atoms with Crippen LogP contribution < -0.4 is 0 Å². The Hall–Kier alpha value is -3.75. The average Bonchev–Trinajstić information content (AvgIpc) is 3.73. The summed E-state index contributed by atoms with van der Waals surface area (Å²) in [6, 6.07) is 39.9. The van der Waals surface area contributed by atoms with Crippen molar-refractivity contribution < 1.29 is 28.7 Å². The predicted molar refractivity (Wildman–Crippen MR) is 156 cm³/mol. The van der Waals surface area contributed by atoms with Gasteiger partial charge in [-0.1, -0.05) is 121 Å². The summed E-state index contributed by atoms with van der Waals surface area (Å²) in [5.74, 6) is -1.63. The van der Waals surface area contributed by atoms with E-state index in [0.29, 0.717) is 6.42 Å². The third-order valence-corrected chi connectivity index (χ3v) is 8.60. The molecule has 0 spiro atoms. The number of methoxy groups -OCH3 is 2. The molecule has 2 aliphatic rings. The Labute approximate surface area is 241 Å². The molecule has 0 bridgehead atoms. The summed E-state index contributed by atoms with van der Waals surface area (Å²) >= 11 is 0. The second kappa shape index (κ2) is 11.3. The quantitative estimate of drug-likeness (QED) is 0.248. The number of hydrogen-bond acceptors (Lipinski definition) is 5. The standard InChI is InChI=1S/C34H33BO6/c1-38-33(24-15-7-3-8-16-24,25-17-9-4-10-18-25)30-31(41-35(40-30)29-23-28(29)32(36)37)34(39-2,26-19-11-5-12-20-26)27-21-13-6-14-22-27/h3-22,28-31H,23H2,1-2H3,(H,36,37)/t28-,29+,30+,31+/m0/s1. The van der Waals surface area contributed by atoms with Crippen molar-refractivity contribution >= 4 is 13.1 Å². The van der Waals surface area contributed by atoms with Gasteiger partial charge >= 0.3 is 13.1 Å². The van der Waals surface area contributed by atoms with E-state index >= 15 is 0 Å². The third-order valence-electron chi connectivity index (χ3n) is 8.60. The Kier molecular flexibility index (Phi) is 7.53. The zero-order valence-corrected chi connectivity index (χ0v) is 23.1. The van der Waals surface area contributed by atoms with Crippen LogP contribution in [0.2, 0.25) is 5.82 Å². The van der Waals surface area contributed by atoms with Gasteiger partial charge in [0, 0.05) is 20.0 Å². The molecule has 1 N–H and O–H groups in total. The summed E-state index contributed by atoms with van der Waals surface area (Å²) in [5.41, 5.74) is 1.36. The van der Waals surface area contributed by atoms with Crippen LogP contribution in [0.1, 0.15) is 28.7 Å². The third kappa shape index (κ3) is 4.59. The van der Waals surface area contributed by atoms with Crippen molar-refractivity contribution in [2.75, 3.05) is 14.2 Å². The van der Waals surface area contributed by atoms with E-state index in [-0.39, 0.29) is 5.82 Å². The summed E-state index contributed by atoms with van der Waals surface area (Å²) in [7, 11) is 2.62. The minimum atomic E-state index is -1.11. The normalized spacial score (nSPS) is 22.4. The van der Waals surface area contributed by atoms with Gasteiger partial charge in [-0.25, -0.2) is 0 Å². The molecular weight excluding hydrogens is 515 g/mol. The van der Waals surface area contributed by atoms with Gasteiger partial charge in [-0.05, 0) is 28.7 Å². The number of carbonyl (C=O) groups is 1. The zero-order valence-electron chi connectivity index (χ0n) is 23.1. The molecule has 1 saturated heterocycles. The number of carboxylic acids is 1. The number of benzene rings is 4. The lowest BCUT2D eigenvalue weighted by atomic mass is 9.71. The first-order valence-electron chi connectivity index (χ1n) is 13.9. The molecule has 1 heterocycles. The van der Waals surface area contributed by atoms with Gasteiger partial charge in [-0.3, -0.25) is 4.79 Å². The van der Waals surface area contributed by atoms with Crippen LogP contribution in [0.25, 0.3) is 0 Å². The Morgan fingerprint density at radius 1 is 0.659 bits per heavy atom. The van der Waals surface area contributed by atoms with E-state index in [0.717, 1.165) is 22.3 Å². The van der Waals surface area contributed by atoms with E-state index in [1.54, 1.807) is 14.2 Å². The summed E-state index contributed by atoms with van der Waals surface area (Å²) in [6.07, 6.45) is -0.956. The molecule has 2 fully saturated rings. The first-order chi connectivity index (χ1) is 20.1. The molecule has 0 unspecified atom stereocenters. The summed E-state index contributed by atoms with van der Waals surface area (Å²) < 4.78 is 27.0. The number of ether oxygens (including phenoxy) is 2. The van der Waals surface area contributed by atoms with Crippen LogP contribution >= 0.6 is 0 Å². The first kappa shape index (κ1) is 27.4. The minimum Gasteiger partial charge on any atom is -0.481 e. The van der Waals surface area contributed by atoms with Gasteiger partial charge in [0.05, 0.1) is 5.92 Å². The van der Waals surface area contributed by atoms with Crippen LogP contribution in [0.4, 0.5) is 0 Å². The fraction of sp³-hybridized carbons (Fsp3) is 0.265. The van der Waals surface area contributed by atoms with Gasteiger partial charge in [0.1, 0.15) is 23.4 Å². The molecule has 1 saturated carbocycles. The highest BCUT2D eigenvalue weighted by Gasteiger charge is 2.66. The maximum Gasteiger partial charge on any atom is 0.461 e. The summed E-state index contributed by atoms with van der Waals surface area (Å²) in [4.78, 5) is 11.9. The average molecular weight is 548 g/mol. The van der Waals surface area contributed by atoms with Crippen LogP contribution in [0.15, 0.2) is 121 Å². The first-order valence-corrected chi connectivity index (χ1v) is 13.9. The van der Waals surface area contributed by atoms with Crippen LogP contribution in [0, 0.1) is 5.92 Å². The van der Waals surface area contributed by atoms with E-state index in [1.165, 1.54) is 0 Å². The number of aliphatic carboxylic acids is 1. The van der Waals surface area contributed by atoms with Crippen molar-refractivity contribution in [1.29, 1.82) is 0 Å². The highest BCUT2D eigenvalue weighted by molar-refractivity contribution is 6.49. The van der Waals surface area contributed by atoms with E-state index in [1.807, 2.05) is 121 Å². The molecule has 7 heteroatoms. The van der Waals surface area contributed by atoms with Crippen LogP contribution in [0.5, 0.6) is 0 Å². The summed E-state index contributed by atoms with van der Waals surface area (Å²) in [5, 5.41) is 9.78. The fourth-order valence-electron chi connectivity index (χ4n) is 6.52. The molecule has 4 aromatic rings. The highest BCUT2D eigenvalue weighted by atomic mass is 16.7. The number of rotatable bonds is 10. The van der Waals surface area contributed by atoms with Gasteiger partial charge < -0.3 is 23.9 Å². The Morgan fingerprint density at radius 3 is 1.22 bits per heavy atom.